The molecule has 4 rings (SSSR count). The molecule has 1 N–H and O–H groups in total. The Kier molecular flexibility index (Phi) is 6.49. The van der Waals surface area contributed by atoms with Crippen molar-refractivity contribution in [3.63, 3.8) is 0 Å². The van der Waals surface area contributed by atoms with E-state index < -0.39 is 17.7 Å². The normalized spacial score (nSPS) is 17.4. The number of benzene rings is 2. The minimum absolute atomic E-state index is 0.0179. The summed E-state index contributed by atoms with van der Waals surface area (Å²) in [6.07, 6.45) is 1.51. The molecular formula is C26H25NO6. The fourth-order valence-corrected chi connectivity index (χ4v) is 3.93. The van der Waals surface area contributed by atoms with E-state index in [1.807, 2.05) is 13.8 Å². The van der Waals surface area contributed by atoms with Crippen molar-refractivity contribution in [3.05, 3.63) is 89.4 Å². The van der Waals surface area contributed by atoms with Crippen LogP contribution < -0.4 is 9.47 Å². The Labute approximate surface area is 191 Å². The molecule has 1 amide bonds. The van der Waals surface area contributed by atoms with Gasteiger partial charge in [-0.05, 0) is 55.8 Å². The highest BCUT2D eigenvalue weighted by molar-refractivity contribution is 6.46. The number of hydrogen-bond acceptors (Lipinski definition) is 6. The maximum absolute atomic E-state index is 13.1. The molecule has 2 heterocycles. The molecule has 7 heteroatoms. The Morgan fingerprint density at radius 2 is 1.70 bits per heavy atom. The smallest absolute Gasteiger partial charge is 0.296 e. The molecule has 0 saturated carbocycles. The molecule has 1 unspecified atom stereocenters. The third kappa shape index (κ3) is 4.48. The van der Waals surface area contributed by atoms with E-state index in [9.17, 15) is 14.7 Å². The first-order valence-electron chi connectivity index (χ1n) is 10.8. The molecule has 1 fully saturated rings. The number of Topliss-reactive ketones (excluding diaryl/α,β-unsaturated/α-hetero) is 1. The van der Waals surface area contributed by atoms with Crippen molar-refractivity contribution in [2.45, 2.75) is 26.4 Å². The number of aliphatic hydroxyl groups excluding tert-OH is 1. The summed E-state index contributed by atoms with van der Waals surface area (Å²) in [7, 11) is 0. The summed E-state index contributed by atoms with van der Waals surface area (Å²) in [4.78, 5) is 27.6. The lowest BCUT2D eigenvalue weighted by Gasteiger charge is -2.24. The first kappa shape index (κ1) is 22.2. The number of ether oxygens (including phenoxy) is 2. The highest BCUT2D eigenvalue weighted by Gasteiger charge is 2.46. The van der Waals surface area contributed by atoms with Crippen LogP contribution in [0.4, 0.5) is 0 Å². The second-order valence-corrected chi connectivity index (χ2v) is 7.47. The molecule has 1 atom stereocenters. The first-order chi connectivity index (χ1) is 16.0. The molecule has 170 valence electrons. The van der Waals surface area contributed by atoms with Crippen LogP contribution in [-0.2, 0) is 16.1 Å². The van der Waals surface area contributed by atoms with Crippen molar-refractivity contribution < 1.29 is 28.6 Å². The van der Waals surface area contributed by atoms with Crippen LogP contribution in [0.25, 0.3) is 5.76 Å². The van der Waals surface area contributed by atoms with E-state index in [0.717, 1.165) is 0 Å². The third-order valence-electron chi connectivity index (χ3n) is 5.37. The average molecular weight is 447 g/mol. The zero-order valence-electron chi connectivity index (χ0n) is 18.5. The van der Waals surface area contributed by atoms with Crippen LogP contribution >= 0.6 is 0 Å². The number of amides is 1. The Morgan fingerprint density at radius 1 is 0.970 bits per heavy atom. The van der Waals surface area contributed by atoms with Crippen molar-refractivity contribution in [2.24, 2.45) is 0 Å². The van der Waals surface area contributed by atoms with Crippen molar-refractivity contribution in [1.29, 1.82) is 0 Å². The first-order valence-corrected chi connectivity index (χ1v) is 10.8. The maximum atomic E-state index is 13.1. The number of hydrogen-bond donors (Lipinski definition) is 1. The van der Waals surface area contributed by atoms with Crippen molar-refractivity contribution >= 4 is 17.4 Å². The van der Waals surface area contributed by atoms with Crippen LogP contribution in [0, 0.1) is 0 Å². The van der Waals surface area contributed by atoms with Crippen molar-refractivity contribution in [3.8, 4) is 11.5 Å². The molecule has 0 radical (unpaired) electrons. The van der Waals surface area contributed by atoms with Gasteiger partial charge in [-0.15, -0.1) is 0 Å². The molecule has 1 aliphatic rings. The molecule has 1 aliphatic heterocycles. The fourth-order valence-electron chi connectivity index (χ4n) is 3.93. The van der Waals surface area contributed by atoms with Crippen LogP contribution in [0.1, 0.15) is 36.8 Å². The Morgan fingerprint density at radius 3 is 2.36 bits per heavy atom. The van der Waals surface area contributed by atoms with Gasteiger partial charge >= 0.3 is 0 Å². The van der Waals surface area contributed by atoms with Gasteiger partial charge in [-0.3, -0.25) is 9.59 Å². The van der Waals surface area contributed by atoms with Gasteiger partial charge in [-0.2, -0.15) is 0 Å². The standard InChI is InChI=1S/C26H25NO6/c1-3-31-19-12-10-17(11-13-19)23-22(24(28)18-7-5-8-20(15-18)32-4-2)25(29)26(30)27(23)16-21-9-6-14-33-21/h5-15,23,28H,3-4,16H2,1-2H3/b24-22+. The van der Waals surface area contributed by atoms with E-state index in [4.69, 9.17) is 13.9 Å². The topological polar surface area (TPSA) is 89.2 Å². The summed E-state index contributed by atoms with van der Waals surface area (Å²) >= 11 is 0. The molecule has 0 spiro atoms. The fraction of sp³-hybridized carbons (Fsp3) is 0.231. The summed E-state index contributed by atoms with van der Waals surface area (Å²) in [5.41, 5.74) is 1.09. The lowest BCUT2D eigenvalue weighted by molar-refractivity contribution is -0.140. The third-order valence-corrected chi connectivity index (χ3v) is 5.37. The number of carbonyl (C=O) groups is 2. The van der Waals surface area contributed by atoms with Gasteiger partial charge < -0.3 is 23.9 Å². The predicted molar refractivity (Wildman–Crippen MR) is 122 cm³/mol. The van der Waals surface area contributed by atoms with E-state index in [1.54, 1.807) is 60.7 Å². The number of aliphatic hydroxyl groups is 1. The molecule has 0 aliphatic carbocycles. The van der Waals surface area contributed by atoms with Crippen LogP contribution in [-0.4, -0.2) is 34.9 Å². The minimum Gasteiger partial charge on any atom is -0.507 e. The van der Waals surface area contributed by atoms with Gasteiger partial charge in [0.25, 0.3) is 11.7 Å². The number of carbonyl (C=O) groups excluding carboxylic acids is 2. The van der Waals surface area contributed by atoms with Gasteiger partial charge in [-0.25, -0.2) is 0 Å². The highest BCUT2D eigenvalue weighted by atomic mass is 16.5. The summed E-state index contributed by atoms with van der Waals surface area (Å²) in [6, 6.07) is 16.6. The Hall–Kier alpha value is -4.00. The van der Waals surface area contributed by atoms with E-state index in [0.29, 0.717) is 41.6 Å². The van der Waals surface area contributed by atoms with E-state index in [2.05, 4.69) is 0 Å². The number of ketones is 1. The van der Waals surface area contributed by atoms with Crippen LogP contribution in [0.5, 0.6) is 11.5 Å². The summed E-state index contributed by atoms with van der Waals surface area (Å²) in [6.45, 7) is 4.82. The second kappa shape index (κ2) is 9.65. The number of nitrogens with zero attached hydrogens (tertiary/aromatic N) is 1. The minimum atomic E-state index is -0.790. The van der Waals surface area contributed by atoms with Crippen LogP contribution in [0.15, 0.2) is 76.9 Å². The van der Waals surface area contributed by atoms with Crippen LogP contribution in [0.2, 0.25) is 0 Å². The van der Waals surface area contributed by atoms with E-state index >= 15 is 0 Å². The van der Waals surface area contributed by atoms with Crippen LogP contribution in [0.3, 0.4) is 0 Å². The molecule has 1 saturated heterocycles. The number of furan rings is 1. The lowest BCUT2D eigenvalue weighted by Crippen LogP contribution is -2.29. The lowest BCUT2D eigenvalue weighted by atomic mass is 9.95. The molecular weight excluding hydrogens is 422 g/mol. The largest absolute Gasteiger partial charge is 0.507 e. The van der Waals surface area contributed by atoms with Gasteiger partial charge in [0.2, 0.25) is 0 Å². The molecule has 2 aromatic carbocycles. The summed E-state index contributed by atoms with van der Waals surface area (Å²) in [5.74, 6) is 0.0621. The predicted octanol–water partition coefficient (Wildman–Crippen LogP) is 4.70. The number of likely N-dealkylation sites (tertiary alicyclic amines) is 1. The van der Waals surface area contributed by atoms with Gasteiger partial charge in [0, 0.05) is 5.56 Å². The SMILES string of the molecule is CCOc1ccc(C2/C(=C(\O)c3cccc(OCC)c3)C(=O)C(=O)N2Cc2ccco2)cc1. The maximum Gasteiger partial charge on any atom is 0.296 e. The van der Waals surface area contributed by atoms with Gasteiger partial charge in [0.15, 0.2) is 0 Å². The molecule has 1 aromatic heterocycles. The monoisotopic (exact) mass is 447 g/mol. The highest BCUT2D eigenvalue weighted by Crippen LogP contribution is 2.41. The average Bonchev–Trinajstić information content (AvgIpc) is 3.42. The zero-order chi connectivity index (χ0) is 23.4. The number of rotatable bonds is 8. The van der Waals surface area contributed by atoms with Gasteiger partial charge in [0.05, 0.1) is 37.6 Å². The van der Waals surface area contributed by atoms with Gasteiger partial charge in [0.1, 0.15) is 23.0 Å². The van der Waals surface area contributed by atoms with Crippen molar-refractivity contribution in [2.75, 3.05) is 13.2 Å². The van der Waals surface area contributed by atoms with Crippen molar-refractivity contribution in [1.82, 2.24) is 4.90 Å². The Bertz CT molecular complexity index is 1160. The quantitative estimate of drug-likeness (QED) is 0.306. The molecule has 0 bridgehead atoms. The van der Waals surface area contributed by atoms with Gasteiger partial charge in [-0.1, -0.05) is 24.3 Å². The second-order valence-electron chi connectivity index (χ2n) is 7.47. The van der Waals surface area contributed by atoms with E-state index in [1.165, 1.54) is 11.2 Å². The zero-order valence-corrected chi connectivity index (χ0v) is 18.5. The Balaban J connectivity index is 1.82. The summed E-state index contributed by atoms with van der Waals surface area (Å²) < 4.78 is 16.5. The molecule has 33 heavy (non-hydrogen) atoms. The summed E-state index contributed by atoms with van der Waals surface area (Å²) in [5, 5.41) is 11.2. The van der Waals surface area contributed by atoms with E-state index in [-0.39, 0.29) is 17.9 Å². The molecule has 7 nitrogen and oxygen atoms in total. The molecule has 3 aromatic rings.